The number of carbonyl (C=O) groups is 3. The van der Waals surface area contributed by atoms with E-state index in [0.29, 0.717) is 0 Å². The zero-order valence-electron chi connectivity index (χ0n) is 16.6. The third kappa shape index (κ3) is 5.36. The molecule has 30 heavy (non-hydrogen) atoms. The average Bonchev–Trinajstić information content (AvgIpc) is 3.26. The topological polar surface area (TPSA) is 93.7 Å². The molecular formula is C22H22N2O5S. The first-order valence-corrected chi connectivity index (χ1v) is 10.3. The Bertz CT molecular complexity index is 977. The predicted octanol–water partition coefficient (Wildman–Crippen LogP) is 3.48. The van der Waals surface area contributed by atoms with Crippen LogP contribution in [-0.2, 0) is 19.1 Å². The van der Waals surface area contributed by atoms with Gasteiger partial charge in [-0.1, -0.05) is 35.9 Å². The standard InChI is InChI=1S/C22H22N2O5S/c1-3-28-21(26)19-16(23-22(27)24-20(19)17-5-4-12-30-17)13-29-18(25)11-10-15-8-6-14(2)7-9-15/h4-12,20H,3,13H2,1-2H3,(H2,23,24,27)/b11-10-/t20-/m0/s1. The lowest BCUT2D eigenvalue weighted by molar-refractivity contribution is -0.140. The molecule has 0 saturated carbocycles. The Morgan fingerprint density at radius 2 is 1.93 bits per heavy atom. The lowest BCUT2D eigenvalue weighted by atomic mass is 10.0. The monoisotopic (exact) mass is 426 g/mol. The molecule has 1 aliphatic rings. The van der Waals surface area contributed by atoms with Crippen LogP contribution in [-0.4, -0.2) is 31.2 Å². The fourth-order valence-electron chi connectivity index (χ4n) is 2.88. The molecule has 0 unspecified atom stereocenters. The summed E-state index contributed by atoms with van der Waals surface area (Å²) in [5.74, 6) is -1.17. The first kappa shape index (κ1) is 21.3. The molecule has 1 aromatic carbocycles. The predicted molar refractivity (Wildman–Crippen MR) is 114 cm³/mol. The van der Waals surface area contributed by atoms with Gasteiger partial charge in [0.15, 0.2) is 0 Å². The molecule has 0 radical (unpaired) electrons. The summed E-state index contributed by atoms with van der Waals surface area (Å²) in [6, 6.07) is 10.1. The Morgan fingerprint density at radius 1 is 1.17 bits per heavy atom. The van der Waals surface area contributed by atoms with E-state index in [1.165, 1.54) is 17.4 Å². The van der Waals surface area contributed by atoms with Crippen molar-refractivity contribution in [1.82, 2.24) is 10.6 Å². The fraction of sp³-hybridized carbons (Fsp3) is 0.227. The molecule has 156 valence electrons. The molecular weight excluding hydrogens is 404 g/mol. The molecule has 1 atom stereocenters. The largest absolute Gasteiger partial charge is 0.463 e. The van der Waals surface area contributed by atoms with E-state index in [4.69, 9.17) is 9.47 Å². The van der Waals surface area contributed by atoms with Gasteiger partial charge in [-0.05, 0) is 36.9 Å². The number of rotatable bonds is 7. The van der Waals surface area contributed by atoms with Gasteiger partial charge < -0.3 is 20.1 Å². The highest BCUT2D eigenvalue weighted by molar-refractivity contribution is 7.10. The van der Waals surface area contributed by atoms with Gasteiger partial charge in [0.2, 0.25) is 0 Å². The van der Waals surface area contributed by atoms with Crippen LogP contribution in [0, 0.1) is 6.92 Å². The summed E-state index contributed by atoms with van der Waals surface area (Å²) in [5.41, 5.74) is 2.40. The van der Waals surface area contributed by atoms with Gasteiger partial charge in [0, 0.05) is 11.0 Å². The molecule has 2 amide bonds. The minimum Gasteiger partial charge on any atom is -0.463 e. The average molecular weight is 426 g/mol. The summed E-state index contributed by atoms with van der Waals surface area (Å²) in [6.07, 6.45) is 2.94. The van der Waals surface area contributed by atoms with Gasteiger partial charge in [0.05, 0.1) is 23.9 Å². The van der Waals surface area contributed by atoms with E-state index >= 15 is 0 Å². The van der Waals surface area contributed by atoms with Gasteiger partial charge in [-0.25, -0.2) is 14.4 Å². The molecule has 0 fully saturated rings. The highest BCUT2D eigenvalue weighted by atomic mass is 32.1. The Balaban J connectivity index is 1.78. The third-order valence-electron chi connectivity index (χ3n) is 4.32. The number of esters is 2. The molecule has 2 aromatic rings. The number of nitrogens with one attached hydrogen (secondary N) is 2. The van der Waals surface area contributed by atoms with E-state index in [1.807, 2.05) is 48.7 Å². The number of hydrogen-bond acceptors (Lipinski definition) is 6. The van der Waals surface area contributed by atoms with Crippen LogP contribution in [0.5, 0.6) is 0 Å². The number of aryl methyl sites for hydroxylation is 1. The van der Waals surface area contributed by atoms with Crippen LogP contribution >= 0.6 is 11.3 Å². The number of ether oxygens (including phenoxy) is 2. The molecule has 3 rings (SSSR count). The van der Waals surface area contributed by atoms with Gasteiger partial charge in [0.1, 0.15) is 6.61 Å². The molecule has 2 heterocycles. The highest BCUT2D eigenvalue weighted by Gasteiger charge is 2.34. The maximum atomic E-state index is 12.6. The Labute approximate surface area is 178 Å². The number of carbonyl (C=O) groups excluding carboxylic acids is 3. The summed E-state index contributed by atoms with van der Waals surface area (Å²) in [4.78, 5) is 37.6. The molecule has 1 aromatic heterocycles. The zero-order chi connectivity index (χ0) is 21.5. The molecule has 0 saturated heterocycles. The number of hydrogen-bond donors (Lipinski definition) is 2. The third-order valence-corrected chi connectivity index (χ3v) is 5.26. The molecule has 0 spiro atoms. The summed E-state index contributed by atoms with van der Waals surface area (Å²) >= 11 is 1.40. The van der Waals surface area contributed by atoms with Crippen LogP contribution in [0.2, 0.25) is 0 Å². The van der Waals surface area contributed by atoms with Crippen molar-refractivity contribution in [3.8, 4) is 0 Å². The SMILES string of the molecule is CCOC(=O)C1=C(COC(=O)/C=C\c2ccc(C)cc2)NC(=O)N[C@H]1c1cccs1. The Morgan fingerprint density at radius 3 is 2.60 bits per heavy atom. The second kappa shape index (κ2) is 9.89. The second-order valence-corrected chi connectivity index (χ2v) is 7.49. The molecule has 0 bridgehead atoms. The van der Waals surface area contributed by atoms with Crippen molar-refractivity contribution in [2.45, 2.75) is 19.9 Å². The van der Waals surface area contributed by atoms with E-state index in [2.05, 4.69) is 10.6 Å². The second-order valence-electron chi connectivity index (χ2n) is 6.51. The van der Waals surface area contributed by atoms with Gasteiger partial charge in [-0.2, -0.15) is 0 Å². The molecule has 7 nitrogen and oxygen atoms in total. The molecule has 8 heteroatoms. The molecule has 2 N–H and O–H groups in total. The number of benzene rings is 1. The summed E-state index contributed by atoms with van der Waals surface area (Å²) in [6.45, 7) is 3.59. The van der Waals surface area contributed by atoms with Gasteiger partial charge in [-0.3, -0.25) is 0 Å². The number of urea groups is 1. The summed E-state index contributed by atoms with van der Waals surface area (Å²) < 4.78 is 10.4. The fourth-order valence-corrected chi connectivity index (χ4v) is 3.67. The molecule has 1 aliphatic heterocycles. The zero-order valence-corrected chi connectivity index (χ0v) is 17.5. The maximum absolute atomic E-state index is 12.6. The minimum absolute atomic E-state index is 0.180. The number of thiophene rings is 1. The van der Waals surface area contributed by atoms with E-state index in [0.717, 1.165) is 16.0 Å². The first-order chi connectivity index (χ1) is 14.5. The quantitative estimate of drug-likeness (QED) is 0.522. The van der Waals surface area contributed by atoms with Crippen molar-refractivity contribution in [1.29, 1.82) is 0 Å². The minimum atomic E-state index is -0.672. The Hall–Kier alpha value is -3.39. The van der Waals surface area contributed by atoms with Crippen LogP contribution in [0.3, 0.4) is 0 Å². The van der Waals surface area contributed by atoms with E-state index in [-0.39, 0.29) is 24.5 Å². The van der Waals surface area contributed by atoms with E-state index in [9.17, 15) is 14.4 Å². The highest BCUT2D eigenvalue weighted by Crippen LogP contribution is 2.30. The normalized spacial score (nSPS) is 16.2. The van der Waals surface area contributed by atoms with Crippen molar-refractivity contribution >= 4 is 35.4 Å². The summed E-state index contributed by atoms with van der Waals surface area (Å²) in [5, 5.41) is 7.14. The molecule has 0 aliphatic carbocycles. The van der Waals surface area contributed by atoms with Gasteiger partial charge in [-0.15, -0.1) is 11.3 Å². The maximum Gasteiger partial charge on any atom is 0.338 e. The van der Waals surface area contributed by atoms with Crippen molar-refractivity contribution in [3.05, 3.63) is 75.1 Å². The Kier molecular flexibility index (Phi) is 7.03. The van der Waals surface area contributed by atoms with Crippen molar-refractivity contribution in [2.24, 2.45) is 0 Å². The number of amides is 2. The van der Waals surface area contributed by atoms with Crippen LogP contribution in [0.25, 0.3) is 6.08 Å². The van der Waals surface area contributed by atoms with Crippen LogP contribution in [0.4, 0.5) is 4.79 Å². The van der Waals surface area contributed by atoms with Crippen molar-refractivity contribution in [3.63, 3.8) is 0 Å². The van der Waals surface area contributed by atoms with Crippen molar-refractivity contribution < 1.29 is 23.9 Å². The van der Waals surface area contributed by atoms with Crippen LogP contribution in [0.15, 0.2) is 59.1 Å². The van der Waals surface area contributed by atoms with E-state index < -0.39 is 24.0 Å². The van der Waals surface area contributed by atoms with E-state index in [1.54, 1.807) is 13.0 Å². The van der Waals surface area contributed by atoms with Gasteiger partial charge >= 0.3 is 18.0 Å². The smallest absolute Gasteiger partial charge is 0.338 e. The van der Waals surface area contributed by atoms with Crippen LogP contribution < -0.4 is 10.6 Å². The lowest BCUT2D eigenvalue weighted by Crippen LogP contribution is -2.46. The lowest BCUT2D eigenvalue weighted by Gasteiger charge is -2.28. The van der Waals surface area contributed by atoms with Crippen molar-refractivity contribution in [2.75, 3.05) is 13.2 Å². The van der Waals surface area contributed by atoms with Gasteiger partial charge in [0.25, 0.3) is 0 Å². The summed E-state index contributed by atoms with van der Waals surface area (Å²) in [7, 11) is 0. The van der Waals surface area contributed by atoms with Crippen LogP contribution in [0.1, 0.15) is 29.0 Å². The first-order valence-electron chi connectivity index (χ1n) is 9.40.